The van der Waals surface area contributed by atoms with Crippen LogP contribution in [0.3, 0.4) is 0 Å². The van der Waals surface area contributed by atoms with Crippen LogP contribution in [-0.4, -0.2) is 38.3 Å². The lowest BCUT2D eigenvalue weighted by Crippen LogP contribution is -2.36. The average molecular weight is 334 g/mol. The predicted molar refractivity (Wildman–Crippen MR) is 88.1 cm³/mol. The molecule has 1 aromatic rings. The second-order valence-electron chi connectivity index (χ2n) is 6.80. The Labute approximate surface area is 137 Å². The highest BCUT2D eigenvalue weighted by Crippen LogP contribution is 2.44. The SMILES string of the molecule is C[C@@H]1C(=O)N2CCCc3cc(S(=O)(=O)N4CCCCC4)cc1c32. The molecular weight excluding hydrogens is 312 g/mol. The lowest BCUT2D eigenvalue weighted by atomic mass is 9.97. The van der Waals surface area contributed by atoms with Crippen molar-refractivity contribution in [2.75, 3.05) is 24.5 Å². The van der Waals surface area contributed by atoms with Gasteiger partial charge in [0.2, 0.25) is 15.9 Å². The van der Waals surface area contributed by atoms with E-state index < -0.39 is 10.0 Å². The standard InChI is InChI=1S/C17H22N2O3S/c1-12-15-11-14(23(21,22)18-7-3-2-4-8-18)10-13-6-5-9-19(16(13)15)17(12)20/h10-12H,2-9H2,1H3/t12-/m0/s1. The van der Waals surface area contributed by atoms with E-state index in [1.165, 1.54) is 0 Å². The highest BCUT2D eigenvalue weighted by molar-refractivity contribution is 7.89. The Kier molecular flexibility index (Phi) is 3.50. The zero-order valence-corrected chi connectivity index (χ0v) is 14.2. The summed E-state index contributed by atoms with van der Waals surface area (Å²) in [5, 5.41) is 0. The van der Waals surface area contributed by atoms with E-state index in [9.17, 15) is 13.2 Å². The van der Waals surface area contributed by atoms with E-state index in [1.54, 1.807) is 16.4 Å². The molecule has 1 saturated heterocycles. The Morgan fingerprint density at radius 2 is 1.78 bits per heavy atom. The van der Waals surface area contributed by atoms with Crippen molar-refractivity contribution in [1.29, 1.82) is 0 Å². The van der Waals surface area contributed by atoms with Crippen LogP contribution in [0.4, 0.5) is 5.69 Å². The molecule has 4 rings (SSSR count). The molecule has 0 aliphatic carbocycles. The first-order valence-electron chi connectivity index (χ1n) is 8.48. The Bertz CT molecular complexity index is 766. The summed E-state index contributed by atoms with van der Waals surface area (Å²) in [6, 6.07) is 3.55. The van der Waals surface area contributed by atoms with Crippen LogP contribution in [-0.2, 0) is 21.2 Å². The van der Waals surface area contributed by atoms with Crippen molar-refractivity contribution >= 4 is 21.6 Å². The number of nitrogens with zero attached hydrogens (tertiary/aromatic N) is 2. The van der Waals surface area contributed by atoms with Crippen molar-refractivity contribution in [2.24, 2.45) is 0 Å². The van der Waals surface area contributed by atoms with Crippen LogP contribution in [0.5, 0.6) is 0 Å². The fourth-order valence-corrected chi connectivity index (χ4v) is 5.67. The predicted octanol–water partition coefficient (Wildman–Crippen LogP) is 2.26. The molecule has 3 heterocycles. The first-order chi connectivity index (χ1) is 11.0. The largest absolute Gasteiger partial charge is 0.311 e. The summed E-state index contributed by atoms with van der Waals surface area (Å²) < 4.78 is 27.5. The minimum atomic E-state index is -3.45. The number of carbonyl (C=O) groups is 1. The fourth-order valence-electron chi connectivity index (χ4n) is 4.07. The third kappa shape index (κ3) is 2.22. The van der Waals surface area contributed by atoms with Gasteiger partial charge in [0.15, 0.2) is 0 Å². The van der Waals surface area contributed by atoms with Crippen molar-refractivity contribution in [3.63, 3.8) is 0 Å². The minimum absolute atomic E-state index is 0.105. The number of amides is 1. The van der Waals surface area contributed by atoms with Gasteiger partial charge < -0.3 is 4.90 Å². The van der Waals surface area contributed by atoms with Crippen molar-refractivity contribution < 1.29 is 13.2 Å². The molecule has 1 amide bonds. The average Bonchev–Trinajstić information content (AvgIpc) is 2.82. The molecule has 23 heavy (non-hydrogen) atoms. The highest BCUT2D eigenvalue weighted by Gasteiger charge is 2.39. The van der Waals surface area contributed by atoms with Gasteiger partial charge in [0.1, 0.15) is 0 Å². The van der Waals surface area contributed by atoms with Crippen molar-refractivity contribution in [3.8, 4) is 0 Å². The number of hydrogen-bond donors (Lipinski definition) is 0. The van der Waals surface area contributed by atoms with E-state index in [4.69, 9.17) is 0 Å². The maximum atomic E-state index is 13.0. The molecule has 1 fully saturated rings. The van der Waals surface area contributed by atoms with Crippen molar-refractivity contribution in [2.45, 2.75) is 49.8 Å². The Morgan fingerprint density at radius 3 is 2.52 bits per heavy atom. The van der Waals surface area contributed by atoms with Gasteiger partial charge in [0, 0.05) is 19.6 Å². The van der Waals surface area contributed by atoms with Crippen LogP contribution in [0.15, 0.2) is 17.0 Å². The Morgan fingerprint density at radius 1 is 1.04 bits per heavy atom. The van der Waals surface area contributed by atoms with E-state index >= 15 is 0 Å². The topological polar surface area (TPSA) is 57.7 Å². The molecule has 0 unspecified atom stereocenters. The Balaban J connectivity index is 1.82. The maximum absolute atomic E-state index is 13.0. The first kappa shape index (κ1) is 15.1. The molecule has 3 aliphatic heterocycles. The molecule has 124 valence electrons. The number of anilines is 1. The van der Waals surface area contributed by atoms with Gasteiger partial charge in [-0.3, -0.25) is 4.79 Å². The first-order valence-corrected chi connectivity index (χ1v) is 9.92. The molecule has 0 radical (unpaired) electrons. The molecule has 0 saturated carbocycles. The number of hydrogen-bond acceptors (Lipinski definition) is 3. The molecular formula is C17H22N2O3S. The molecule has 0 spiro atoms. The molecule has 1 atom stereocenters. The summed E-state index contributed by atoms with van der Waals surface area (Å²) in [6.45, 7) is 3.85. The molecule has 0 N–H and O–H groups in total. The van der Waals surface area contributed by atoms with Gasteiger partial charge in [-0.2, -0.15) is 4.31 Å². The van der Waals surface area contributed by atoms with E-state index in [-0.39, 0.29) is 11.8 Å². The molecule has 0 aromatic heterocycles. The minimum Gasteiger partial charge on any atom is -0.311 e. The van der Waals surface area contributed by atoms with Gasteiger partial charge in [-0.1, -0.05) is 6.42 Å². The van der Waals surface area contributed by atoms with Gasteiger partial charge >= 0.3 is 0 Å². The third-order valence-corrected chi connectivity index (χ3v) is 7.22. The molecule has 0 bridgehead atoms. The zero-order valence-electron chi connectivity index (χ0n) is 13.4. The lowest BCUT2D eigenvalue weighted by Gasteiger charge is -2.28. The second-order valence-corrected chi connectivity index (χ2v) is 8.74. The van der Waals surface area contributed by atoms with Crippen LogP contribution in [0.25, 0.3) is 0 Å². The van der Waals surface area contributed by atoms with Gasteiger partial charge in [0.25, 0.3) is 0 Å². The quantitative estimate of drug-likeness (QED) is 0.833. The monoisotopic (exact) mass is 334 g/mol. The van der Waals surface area contributed by atoms with E-state index in [0.29, 0.717) is 18.0 Å². The zero-order chi connectivity index (χ0) is 16.2. The number of piperidine rings is 1. The normalized spacial score (nSPS) is 24.8. The summed E-state index contributed by atoms with van der Waals surface area (Å²) in [5.41, 5.74) is 2.89. The number of aryl methyl sites for hydroxylation is 1. The Hall–Kier alpha value is -1.40. The molecule has 6 heteroatoms. The van der Waals surface area contributed by atoms with Crippen LogP contribution >= 0.6 is 0 Å². The summed E-state index contributed by atoms with van der Waals surface area (Å²) >= 11 is 0. The van der Waals surface area contributed by atoms with E-state index in [2.05, 4.69) is 0 Å². The van der Waals surface area contributed by atoms with E-state index in [1.807, 2.05) is 11.8 Å². The summed E-state index contributed by atoms with van der Waals surface area (Å²) in [4.78, 5) is 14.6. The highest BCUT2D eigenvalue weighted by atomic mass is 32.2. The summed E-state index contributed by atoms with van der Waals surface area (Å²) in [6.07, 6.45) is 4.71. The smallest absolute Gasteiger partial charge is 0.243 e. The van der Waals surface area contributed by atoms with Crippen LogP contribution in [0.2, 0.25) is 0 Å². The lowest BCUT2D eigenvalue weighted by molar-refractivity contribution is -0.119. The number of benzene rings is 1. The van der Waals surface area contributed by atoms with Gasteiger partial charge in [-0.15, -0.1) is 0 Å². The van der Waals surface area contributed by atoms with Gasteiger partial charge in [0.05, 0.1) is 16.5 Å². The van der Waals surface area contributed by atoms with Gasteiger partial charge in [-0.05, 0) is 55.9 Å². The molecule has 5 nitrogen and oxygen atoms in total. The number of carbonyl (C=O) groups excluding carboxylic acids is 1. The van der Waals surface area contributed by atoms with Crippen LogP contribution < -0.4 is 4.90 Å². The number of sulfonamides is 1. The summed E-state index contributed by atoms with van der Waals surface area (Å²) in [5.74, 6) is -0.133. The number of rotatable bonds is 2. The summed E-state index contributed by atoms with van der Waals surface area (Å²) in [7, 11) is -3.45. The van der Waals surface area contributed by atoms with Crippen molar-refractivity contribution in [1.82, 2.24) is 4.31 Å². The van der Waals surface area contributed by atoms with Crippen LogP contribution in [0.1, 0.15) is 49.7 Å². The van der Waals surface area contributed by atoms with E-state index in [0.717, 1.165) is 55.5 Å². The third-order valence-electron chi connectivity index (χ3n) is 5.35. The van der Waals surface area contributed by atoms with Gasteiger partial charge in [-0.25, -0.2) is 8.42 Å². The molecule has 3 aliphatic rings. The maximum Gasteiger partial charge on any atom is 0.243 e. The van der Waals surface area contributed by atoms with Crippen molar-refractivity contribution in [3.05, 3.63) is 23.3 Å². The second kappa shape index (κ2) is 5.31. The fraction of sp³-hybridized carbons (Fsp3) is 0.588. The van der Waals surface area contributed by atoms with Crippen LogP contribution in [0, 0.1) is 0 Å². The molecule has 1 aromatic carbocycles.